The van der Waals surface area contributed by atoms with Gasteiger partial charge in [-0.2, -0.15) is 0 Å². The van der Waals surface area contributed by atoms with Crippen LogP contribution in [0.25, 0.3) is 10.2 Å². The molecule has 0 bridgehead atoms. The van der Waals surface area contributed by atoms with Gasteiger partial charge in [0, 0.05) is 5.02 Å². The maximum Gasteiger partial charge on any atom is 0.240 e. The summed E-state index contributed by atoms with van der Waals surface area (Å²) >= 11 is 10.9. The lowest BCUT2D eigenvalue weighted by atomic mass is 10.1. The van der Waals surface area contributed by atoms with Gasteiger partial charge < -0.3 is 5.32 Å². The summed E-state index contributed by atoms with van der Waals surface area (Å²) < 4.78 is 1.00. The van der Waals surface area contributed by atoms with Crippen molar-refractivity contribution in [2.75, 3.05) is 5.32 Å². The van der Waals surface area contributed by atoms with Gasteiger partial charge in [-0.05, 0) is 30.0 Å². The lowest BCUT2D eigenvalue weighted by Crippen LogP contribution is -2.26. The Labute approximate surface area is 135 Å². The lowest BCUT2D eigenvalue weighted by molar-refractivity contribution is -0.116. The number of aromatic nitrogens is 1. The van der Waals surface area contributed by atoms with Crippen LogP contribution in [0.1, 0.15) is 26.3 Å². The van der Waals surface area contributed by atoms with Crippen molar-refractivity contribution in [3.63, 3.8) is 0 Å². The fourth-order valence-electron chi connectivity index (χ4n) is 1.86. The first-order valence-corrected chi connectivity index (χ1v) is 8.57. The van der Waals surface area contributed by atoms with Crippen LogP contribution >= 0.6 is 38.9 Å². The predicted octanol–water partition coefficient (Wildman–Crippen LogP) is 4.87. The molecule has 0 spiro atoms. The quantitative estimate of drug-likeness (QED) is 0.775. The number of hydrogen-bond acceptors (Lipinski definition) is 3. The number of carbonyl (C=O) groups excluding carboxylic acids is 1. The summed E-state index contributed by atoms with van der Waals surface area (Å²) in [5.41, 5.74) is 2.02. The fourth-order valence-corrected chi connectivity index (χ4v) is 3.24. The van der Waals surface area contributed by atoms with Gasteiger partial charge in [-0.15, -0.1) is 0 Å². The average Bonchev–Trinajstić information content (AvgIpc) is 2.78. The molecule has 0 aliphatic carbocycles. The van der Waals surface area contributed by atoms with Crippen molar-refractivity contribution in [1.82, 2.24) is 4.98 Å². The molecule has 1 atom stereocenters. The van der Waals surface area contributed by atoms with Gasteiger partial charge in [-0.1, -0.05) is 59.6 Å². The number of fused-ring (bicyclic) bond motifs is 1. The Morgan fingerprint density at radius 1 is 1.50 bits per heavy atom. The number of thiazole rings is 1. The van der Waals surface area contributed by atoms with Crippen LogP contribution in [-0.4, -0.2) is 15.7 Å². The van der Waals surface area contributed by atoms with Gasteiger partial charge >= 0.3 is 0 Å². The summed E-state index contributed by atoms with van der Waals surface area (Å²) in [6.07, 6.45) is 0.862. The highest BCUT2D eigenvalue weighted by Gasteiger charge is 2.20. The molecular formula is C14H16BrClN2OS. The average molecular weight is 376 g/mol. The molecule has 0 aliphatic rings. The molecule has 1 aromatic heterocycles. The van der Waals surface area contributed by atoms with Crippen LogP contribution in [0.2, 0.25) is 5.02 Å². The Morgan fingerprint density at radius 2 is 2.20 bits per heavy atom. The second-order valence-corrected chi connectivity index (χ2v) is 7.37. The summed E-state index contributed by atoms with van der Waals surface area (Å²) in [7, 11) is 0. The van der Waals surface area contributed by atoms with E-state index in [2.05, 4.69) is 33.2 Å². The van der Waals surface area contributed by atoms with E-state index >= 15 is 0 Å². The van der Waals surface area contributed by atoms with E-state index in [4.69, 9.17) is 11.6 Å². The summed E-state index contributed by atoms with van der Waals surface area (Å²) in [5, 5.41) is 4.18. The molecule has 1 heterocycles. The number of hydrogen-bond donors (Lipinski definition) is 1. The second-order valence-electron chi connectivity index (χ2n) is 4.92. The van der Waals surface area contributed by atoms with Crippen LogP contribution in [0.4, 0.5) is 5.13 Å². The molecule has 1 aromatic carbocycles. The van der Waals surface area contributed by atoms with Gasteiger partial charge in [0.25, 0.3) is 0 Å². The number of carbonyl (C=O) groups is 1. The highest BCUT2D eigenvalue weighted by Crippen LogP contribution is 2.32. The molecule has 0 radical (unpaired) electrons. The molecule has 3 nitrogen and oxygen atoms in total. The van der Waals surface area contributed by atoms with Crippen LogP contribution in [0, 0.1) is 5.92 Å². The van der Waals surface area contributed by atoms with Crippen LogP contribution in [0.3, 0.4) is 0 Å². The SMILES string of the molecule is CCc1cc(Cl)cc2sc(NC(=O)C(Br)C(C)C)nc12. The fraction of sp³-hybridized carbons (Fsp3) is 0.429. The molecule has 1 amide bonds. The van der Waals surface area contributed by atoms with Crippen molar-refractivity contribution in [3.05, 3.63) is 22.7 Å². The van der Waals surface area contributed by atoms with E-state index in [0.717, 1.165) is 22.2 Å². The third kappa shape index (κ3) is 3.32. The summed E-state index contributed by atoms with van der Waals surface area (Å²) in [6.45, 7) is 6.05. The maximum atomic E-state index is 12.0. The molecule has 6 heteroatoms. The zero-order valence-corrected chi connectivity index (χ0v) is 14.7. The van der Waals surface area contributed by atoms with Crippen LogP contribution in [0.15, 0.2) is 12.1 Å². The number of nitrogens with one attached hydrogen (secondary N) is 1. The highest BCUT2D eigenvalue weighted by molar-refractivity contribution is 9.10. The molecular weight excluding hydrogens is 360 g/mol. The minimum Gasteiger partial charge on any atom is -0.301 e. The van der Waals surface area contributed by atoms with Gasteiger partial charge in [0.15, 0.2) is 5.13 Å². The van der Waals surface area contributed by atoms with Crippen LogP contribution in [-0.2, 0) is 11.2 Å². The van der Waals surface area contributed by atoms with E-state index in [1.807, 2.05) is 26.0 Å². The summed E-state index contributed by atoms with van der Waals surface area (Å²) in [4.78, 5) is 16.3. The Morgan fingerprint density at radius 3 is 2.80 bits per heavy atom. The number of aryl methyl sites for hydroxylation is 1. The van der Waals surface area contributed by atoms with E-state index in [0.29, 0.717) is 10.2 Å². The molecule has 0 fully saturated rings. The third-order valence-electron chi connectivity index (χ3n) is 2.99. The van der Waals surface area contributed by atoms with Gasteiger partial charge in [-0.3, -0.25) is 4.79 Å². The second kappa shape index (κ2) is 6.41. The minimum atomic E-state index is -0.219. The number of rotatable bonds is 4. The first-order valence-electron chi connectivity index (χ1n) is 6.46. The molecule has 0 saturated heterocycles. The molecule has 1 N–H and O–H groups in total. The Bertz CT molecular complexity index is 641. The van der Waals surface area contributed by atoms with E-state index in [9.17, 15) is 4.79 Å². The van der Waals surface area contributed by atoms with Gasteiger partial charge in [0.1, 0.15) is 0 Å². The Kier molecular flexibility index (Phi) is 5.04. The lowest BCUT2D eigenvalue weighted by Gasteiger charge is -2.11. The van der Waals surface area contributed by atoms with Crippen molar-refractivity contribution >= 4 is 60.1 Å². The molecule has 1 unspecified atom stereocenters. The van der Waals surface area contributed by atoms with Crippen LogP contribution in [0.5, 0.6) is 0 Å². The first-order chi connectivity index (χ1) is 9.42. The molecule has 108 valence electrons. The standard InChI is InChI=1S/C14H16BrClN2OS/c1-4-8-5-9(16)6-10-12(8)17-14(20-10)18-13(19)11(15)7(2)3/h5-7,11H,4H2,1-3H3,(H,17,18,19). The molecule has 0 aliphatic heterocycles. The summed E-state index contributed by atoms with van der Waals surface area (Å²) in [6, 6.07) is 3.81. The van der Waals surface area contributed by atoms with Gasteiger partial charge in [0.05, 0.1) is 15.0 Å². The van der Waals surface area contributed by atoms with Crippen LogP contribution < -0.4 is 5.32 Å². The zero-order valence-electron chi connectivity index (χ0n) is 11.5. The topological polar surface area (TPSA) is 42.0 Å². The Hall–Kier alpha value is -0.650. The van der Waals surface area contributed by atoms with Crippen molar-refractivity contribution < 1.29 is 4.79 Å². The van der Waals surface area contributed by atoms with Crippen molar-refractivity contribution in [2.45, 2.75) is 32.0 Å². The first kappa shape index (κ1) is 15.7. The number of benzene rings is 1. The van der Waals surface area contributed by atoms with Crippen molar-refractivity contribution in [2.24, 2.45) is 5.92 Å². The van der Waals surface area contributed by atoms with E-state index < -0.39 is 0 Å². The van der Waals surface area contributed by atoms with E-state index in [1.54, 1.807) is 0 Å². The number of alkyl halides is 1. The molecule has 0 saturated carbocycles. The largest absolute Gasteiger partial charge is 0.301 e. The number of halogens is 2. The van der Waals surface area contributed by atoms with E-state index in [-0.39, 0.29) is 16.7 Å². The number of nitrogens with zero attached hydrogens (tertiary/aromatic N) is 1. The van der Waals surface area contributed by atoms with Gasteiger partial charge in [-0.25, -0.2) is 4.98 Å². The number of amides is 1. The predicted molar refractivity (Wildman–Crippen MR) is 90.2 cm³/mol. The number of anilines is 1. The highest BCUT2D eigenvalue weighted by atomic mass is 79.9. The molecule has 20 heavy (non-hydrogen) atoms. The minimum absolute atomic E-state index is 0.0665. The Balaban J connectivity index is 2.31. The van der Waals surface area contributed by atoms with Crippen molar-refractivity contribution in [3.8, 4) is 0 Å². The maximum absolute atomic E-state index is 12.0. The monoisotopic (exact) mass is 374 g/mol. The normalized spacial score (nSPS) is 12.9. The third-order valence-corrected chi connectivity index (χ3v) is 5.59. The molecule has 2 aromatic rings. The van der Waals surface area contributed by atoms with Gasteiger partial charge in [0.2, 0.25) is 5.91 Å². The zero-order chi connectivity index (χ0) is 14.9. The smallest absolute Gasteiger partial charge is 0.240 e. The molecule has 2 rings (SSSR count). The van der Waals surface area contributed by atoms with E-state index in [1.165, 1.54) is 11.3 Å². The summed E-state index contributed by atoms with van der Waals surface area (Å²) in [5.74, 6) is 0.160. The van der Waals surface area contributed by atoms with Crippen molar-refractivity contribution in [1.29, 1.82) is 0 Å².